The van der Waals surface area contributed by atoms with E-state index in [1.807, 2.05) is 4.90 Å². The predicted molar refractivity (Wildman–Crippen MR) is 121 cm³/mol. The monoisotopic (exact) mass is 525 g/mol. The molecule has 12 heteroatoms. The van der Waals surface area contributed by atoms with Crippen molar-refractivity contribution in [1.29, 1.82) is 0 Å². The van der Waals surface area contributed by atoms with Crippen LogP contribution in [-0.2, 0) is 18.0 Å². The van der Waals surface area contributed by atoms with Crippen LogP contribution in [0.25, 0.3) is 0 Å². The molecule has 3 rings (SSSR count). The van der Waals surface area contributed by atoms with Crippen LogP contribution < -0.4 is 5.32 Å². The molecule has 0 saturated carbocycles. The number of nitrogens with one attached hydrogen (secondary N) is 1. The summed E-state index contributed by atoms with van der Waals surface area (Å²) in [5.74, 6) is -0.448. The third-order valence-corrected chi connectivity index (χ3v) is 5.86. The Kier molecular flexibility index (Phi) is 8.73. The number of aliphatic hydroxyl groups is 1. The minimum Gasteiger partial charge on any atom is -0.385 e. The molecule has 1 saturated heterocycles. The summed E-state index contributed by atoms with van der Waals surface area (Å²) >= 11 is 0. The van der Waals surface area contributed by atoms with E-state index in [9.17, 15) is 36.2 Å². The fraction of sp³-hybridized carbons (Fsp3) is 0.435. The molecular weight excluding hydrogens is 500 g/mol. The molecule has 1 fully saturated rings. The number of benzene rings is 2. The number of piperidine rings is 1. The molecule has 0 spiro atoms. The number of anilines is 1. The molecule has 5 nitrogen and oxygen atoms in total. The third kappa shape index (κ3) is 6.80. The first kappa shape index (κ1) is 28.7. The van der Waals surface area contributed by atoms with E-state index in [0.29, 0.717) is 24.2 Å². The molecule has 0 aromatic heterocycles. The molecule has 1 heterocycles. The van der Waals surface area contributed by atoms with E-state index in [2.05, 4.69) is 5.32 Å². The number of rotatable bonds is 4. The number of hydrogen-bond acceptors (Lipinski definition) is 3. The largest absolute Gasteiger partial charge is 0.416 e. The zero-order valence-corrected chi connectivity index (χ0v) is 19.8. The highest BCUT2D eigenvalue weighted by molar-refractivity contribution is 5.89. The Labute approximate surface area is 205 Å². The lowest BCUT2D eigenvalue weighted by Crippen LogP contribution is -2.55. The van der Waals surface area contributed by atoms with Crippen molar-refractivity contribution in [2.24, 2.45) is 5.92 Å². The highest BCUT2D eigenvalue weighted by Crippen LogP contribution is 2.39. The van der Waals surface area contributed by atoms with Gasteiger partial charge in [-0.15, -0.1) is 12.4 Å². The van der Waals surface area contributed by atoms with E-state index < -0.39 is 46.7 Å². The van der Waals surface area contributed by atoms with Crippen molar-refractivity contribution < 1.29 is 36.2 Å². The van der Waals surface area contributed by atoms with E-state index in [4.69, 9.17) is 0 Å². The Balaban J connectivity index is 0.00000432. The van der Waals surface area contributed by atoms with Crippen molar-refractivity contribution in [2.45, 2.75) is 24.4 Å². The van der Waals surface area contributed by atoms with Crippen LogP contribution >= 0.6 is 12.4 Å². The quantitative estimate of drug-likeness (QED) is 0.522. The van der Waals surface area contributed by atoms with E-state index in [0.717, 1.165) is 0 Å². The summed E-state index contributed by atoms with van der Waals surface area (Å²) in [6.07, 6.45) is -9.89. The van der Waals surface area contributed by atoms with Crippen LogP contribution in [0.2, 0.25) is 0 Å². The first-order chi connectivity index (χ1) is 15.7. The van der Waals surface area contributed by atoms with Crippen LogP contribution in [0.3, 0.4) is 0 Å². The standard InChI is InChI=1S/C23H25F6N3O2.ClH/c1-31(2)13-18-14-32(9-8-21(18,34)15-6-4-3-5-7-15)20(33)30-19-11-16(22(24,25)26)10-17(12-19)23(27,28)29;/h3-7,10-12,18,34H,8-9,13-14H2,1-2H3,(H,30,33);1H. The Bertz CT molecular complexity index is 984. The summed E-state index contributed by atoms with van der Waals surface area (Å²) in [5.41, 5.74) is -4.21. The van der Waals surface area contributed by atoms with Gasteiger partial charge in [0, 0.05) is 31.2 Å². The first-order valence-electron chi connectivity index (χ1n) is 10.5. The molecule has 2 unspecified atom stereocenters. The molecule has 0 aliphatic carbocycles. The van der Waals surface area contributed by atoms with Crippen LogP contribution in [0.1, 0.15) is 23.1 Å². The first-order valence-corrected chi connectivity index (χ1v) is 10.5. The second-order valence-electron chi connectivity index (χ2n) is 8.67. The minimum atomic E-state index is -5.02. The SMILES string of the molecule is CN(C)CC1CN(C(=O)Nc2cc(C(F)(F)F)cc(C(F)(F)F)c2)CCC1(O)c1ccccc1.Cl. The van der Waals surface area contributed by atoms with Crippen LogP contribution in [0, 0.1) is 5.92 Å². The number of urea groups is 1. The van der Waals surface area contributed by atoms with Gasteiger partial charge in [0.1, 0.15) is 0 Å². The highest BCUT2D eigenvalue weighted by Gasteiger charge is 2.44. The zero-order chi connectivity index (χ0) is 25.3. The van der Waals surface area contributed by atoms with Crippen LogP contribution in [-0.4, -0.2) is 54.7 Å². The van der Waals surface area contributed by atoms with Gasteiger partial charge in [-0.3, -0.25) is 0 Å². The van der Waals surface area contributed by atoms with Gasteiger partial charge in [0.05, 0.1) is 16.7 Å². The molecule has 2 amide bonds. The van der Waals surface area contributed by atoms with Gasteiger partial charge in [-0.05, 0) is 44.3 Å². The lowest BCUT2D eigenvalue weighted by atomic mass is 9.75. The van der Waals surface area contributed by atoms with E-state index in [1.54, 1.807) is 44.4 Å². The minimum absolute atomic E-state index is 0. The number of amides is 2. The molecule has 2 N–H and O–H groups in total. The second kappa shape index (κ2) is 10.6. The van der Waals surface area contributed by atoms with Crippen LogP contribution in [0.15, 0.2) is 48.5 Å². The summed E-state index contributed by atoms with van der Waals surface area (Å²) in [5, 5.41) is 13.6. The van der Waals surface area contributed by atoms with Gasteiger partial charge >= 0.3 is 18.4 Å². The third-order valence-electron chi connectivity index (χ3n) is 5.86. The lowest BCUT2D eigenvalue weighted by molar-refractivity contribution is -0.143. The second-order valence-corrected chi connectivity index (χ2v) is 8.67. The van der Waals surface area contributed by atoms with Crippen LogP contribution in [0.5, 0.6) is 0 Å². The Morgan fingerprint density at radius 3 is 2.09 bits per heavy atom. The number of nitrogens with zero attached hydrogens (tertiary/aromatic N) is 2. The molecule has 2 aromatic carbocycles. The smallest absolute Gasteiger partial charge is 0.385 e. The number of halogens is 7. The van der Waals surface area contributed by atoms with Gasteiger partial charge in [0.15, 0.2) is 0 Å². The van der Waals surface area contributed by atoms with Gasteiger partial charge in [-0.2, -0.15) is 26.3 Å². The maximum Gasteiger partial charge on any atom is 0.416 e. The van der Waals surface area contributed by atoms with E-state index in [-0.39, 0.29) is 38.0 Å². The molecule has 0 radical (unpaired) electrons. The Hall–Kier alpha value is -2.50. The summed E-state index contributed by atoms with van der Waals surface area (Å²) in [4.78, 5) is 16.0. The number of carbonyl (C=O) groups excluding carboxylic acids is 1. The topological polar surface area (TPSA) is 55.8 Å². The number of carbonyl (C=O) groups is 1. The van der Waals surface area contributed by atoms with Gasteiger partial charge in [0.25, 0.3) is 0 Å². The number of likely N-dealkylation sites (tertiary alicyclic amines) is 1. The fourth-order valence-corrected chi connectivity index (χ4v) is 4.19. The summed E-state index contributed by atoms with van der Waals surface area (Å²) in [7, 11) is 3.59. The van der Waals surface area contributed by atoms with Gasteiger partial charge in [-0.1, -0.05) is 30.3 Å². The van der Waals surface area contributed by atoms with Crippen molar-refractivity contribution in [3.8, 4) is 0 Å². The average Bonchev–Trinajstić information content (AvgIpc) is 2.74. The predicted octanol–water partition coefficient (Wildman–Crippen LogP) is 5.45. The van der Waals surface area contributed by atoms with Crippen molar-refractivity contribution in [2.75, 3.05) is 39.0 Å². The molecule has 35 heavy (non-hydrogen) atoms. The normalized spacial score (nSPS) is 21.0. The van der Waals surface area contributed by atoms with Crippen molar-refractivity contribution in [3.05, 3.63) is 65.2 Å². The van der Waals surface area contributed by atoms with Crippen molar-refractivity contribution in [3.63, 3.8) is 0 Å². The summed E-state index contributed by atoms with van der Waals surface area (Å²) < 4.78 is 78.7. The average molecular weight is 526 g/mol. The molecule has 0 bridgehead atoms. The summed E-state index contributed by atoms with van der Waals surface area (Å²) in [6, 6.07) is 9.02. The molecule has 2 aromatic rings. The number of alkyl halides is 6. The van der Waals surface area contributed by atoms with Gasteiger partial charge < -0.3 is 20.2 Å². The van der Waals surface area contributed by atoms with E-state index >= 15 is 0 Å². The maximum atomic E-state index is 13.1. The molecule has 1 aliphatic heterocycles. The lowest BCUT2D eigenvalue weighted by Gasteiger charge is -2.45. The van der Waals surface area contributed by atoms with E-state index in [1.165, 1.54) is 4.90 Å². The van der Waals surface area contributed by atoms with Crippen molar-refractivity contribution in [1.82, 2.24) is 9.80 Å². The maximum absolute atomic E-state index is 13.1. The van der Waals surface area contributed by atoms with Gasteiger partial charge in [0.2, 0.25) is 0 Å². The molecule has 194 valence electrons. The molecule has 2 atom stereocenters. The number of hydrogen-bond donors (Lipinski definition) is 2. The van der Waals surface area contributed by atoms with Crippen molar-refractivity contribution >= 4 is 24.1 Å². The highest BCUT2D eigenvalue weighted by atomic mass is 35.5. The van der Waals surface area contributed by atoms with Gasteiger partial charge in [-0.25, -0.2) is 4.79 Å². The summed E-state index contributed by atoms with van der Waals surface area (Å²) in [6.45, 7) is 0.518. The zero-order valence-electron chi connectivity index (χ0n) is 19.0. The Morgan fingerprint density at radius 1 is 1.06 bits per heavy atom. The van der Waals surface area contributed by atoms with Crippen LogP contribution in [0.4, 0.5) is 36.8 Å². The Morgan fingerprint density at radius 2 is 1.60 bits per heavy atom. The molecular formula is C23H26ClF6N3O2. The fourth-order valence-electron chi connectivity index (χ4n) is 4.19. The molecule has 1 aliphatic rings.